The van der Waals surface area contributed by atoms with Crippen molar-refractivity contribution in [2.45, 2.75) is 45.1 Å². The third-order valence-corrected chi connectivity index (χ3v) is 3.45. The number of carbonyl (C=O) groups excluding carboxylic acids is 1. The van der Waals surface area contributed by atoms with Crippen LogP contribution in [0.25, 0.3) is 0 Å². The van der Waals surface area contributed by atoms with Crippen molar-refractivity contribution >= 4 is 11.9 Å². The third kappa shape index (κ3) is 4.34. The van der Waals surface area contributed by atoms with Gasteiger partial charge in [-0.15, -0.1) is 0 Å². The van der Waals surface area contributed by atoms with Crippen LogP contribution in [0.1, 0.15) is 39.0 Å². The molecule has 0 radical (unpaired) electrons. The predicted octanol–water partition coefficient (Wildman–Crippen LogP) is 0.731. The van der Waals surface area contributed by atoms with Gasteiger partial charge in [-0.3, -0.25) is 9.59 Å². The molecule has 1 fully saturated rings. The van der Waals surface area contributed by atoms with E-state index in [1.165, 1.54) is 0 Å². The zero-order chi connectivity index (χ0) is 12.8. The summed E-state index contributed by atoms with van der Waals surface area (Å²) < 4.78 is 0. The van der Waals surface area contributed by atoms with E-state index in [2.05, 4.69) is 5.32 Å². The lowest BCUT2D eigenvalue weighted by atomic mass is 9.85. The first kappa shape index (κ1) is 14.0. The van der Waals surface area contributed by atoms with Crippen molar-refractivity contribution < 1.29 is 14.7 Å². The van der Waals surface area contributed by atoms with Gasteiger partial charge in [-0.1, -0.05) is 13.3 Å². The van der Waals surface area contributed by atoms with Crippen molar-refractivity contribution in [2.75, 3.05) is 6.54 Å². The van der Waals surface area contributed by atoms with Gasteiger partial charge < -0.3 is 16.2 Å². The minimum Gasteiger partial charge on any atom is -0.481 e. The normalized spacial score (nSPS) is 26.2. The van der Waals surface area contributed by atoms with E-state index in [1.54, 1.807) is 0 Å². The fourth-order valence-electron chi connectivity index (χ4n) is 2.24. The minimum atomic E-state index is -0.854. The number of carboxylic acid groups (broad SMARTS) is 1. The van der Waals surface area contributed by atoms with E-state index in [1.807, 2.05) is 6.92 Å². The summed E-state index contributed by atoms with van der Waals surface area (Å²) >= 11 is 0. The summed E-state index contributed by atoms with van der Waals surface area (Å²) in [5.41, 5.74) is 5.82. The average Bonchev–Trinajstić information content (AvgIpc) is 2.29. The summed E-state index contributed by atoms with van der Waals surface area (Å²) in [6.07, 6.45) is 4.07. The van der Waals surface area contributed by atoms with Crippen molar-refractivity contribution in [3.8, 4) is 0 Å². The van der Waals surface area contributed by atoms with Crippen LogP contribution in [0.2, 0.25) is 0 Å². The largest absolute Gasteiger partial charge is 0.481 e. The van der Waals surface area contributed by atoms with Crippen LogP contribution in [0.5, 0.6) is 0 Å². The molecule has 1 amide bonds. The molecule has 0 aromatic carbocycles. The number of nitrogens with one attached hydrogen (secondary N) is 1. The SMILES string of the molecule is CCC(CNC(=O)C1CCCC(N)C1)C(=O)O. The fraction of sp³-hybridized carbons (Fsp3) is 0.833. The van der Waals surface area contributed by atoms with Crippen molar-refractivity contribution in [3.63, 3.8) is 0 Å². The number of carbonyl (C=O) groups is 2. The van der Waals surface area contributed by atoms with Crippen LogP contribution in [0.3, 0.4) is 0 Å². The topological polar surface area (TPSA) is 92.4 Å². The highest BCUT2D eigenvalue weighted by Gasteiger charge is 2.26. The Bertz CT molecular complexity index is 281. The molecule has 98 valence electrons. The van der Waals surface area contributed by atoms with E-state index in [9.17, 15) is 9.59 Å². The van der Waals surface area contributed by atoms with E-state index in [4.69, 9.17) is 10.8 Å². The lowest BCUT2D eigenvalue weighted by Gasteiger charge is -2.26. The first-order valence-corrected chi connectivity index (χ1v) is 6.30. The number of hydrogen-bond acceptors (Lipinski definition) is 3. The molecule has 4 N–H and O–H groups in total. The molecule has 5 heteroatoms. The smallest absolute Gasteiger partial charge is 0.308 e. The van der Waals surface area contributed by atoms with Crippen molar-refractivity contribution in [1.29, 1.82) is 0 Å². The zero-order valence-corrected chi connectivity index (χ0v) is 10.3. The number of rotatable bonds is 5. The highest BCUT2D eigenvalue weighted by atomic mass is 16.4. The Kier molecular flexibility index (Phi) is 5.41. The van der Waals surface area contributed by atoms with E-state index in [0.717, 1.165) is 25.7 Å². The Morgan fingerprint density at radius 2 is 2.18 bits per heavy atom. The fourth-order valence-corrected chi connectivity index (χ4v) is 2.24. The first-order valence-electron chi connectivity index (χ1n) is 6.30. The van der Waals surface area contributed by atoms with Gasteiger partial charge >= 0.3 is 5.97 Å². The summed E-state index contributed by atoms with van der Waals surface area (Å²) in [7, 11) is 0. The summed E-state index contributed by atoms with van der Waals surface area (Å²) in [5.74, 6) is -1.42. The van der Waals surface area contributed by atoms with E-state index in [0.29, 0.717) is 6.42 Å². The Hall–Kier alpha value is -1.10. The highest BCUT2D eigenvalue weighted by Crippen LogP contribution is 2.23. The molecule has 0 aromatic heterocycles. The molecule has 3 atom stereocenters. The van der Waals surface area contributed by atoms with Gasteiger partial charge in [0.1, 0.15) is 0 Å². The minimum absolute atomic E-state index is 0.0370. The van der Waals surface area contributed by atoms with Gasteiger partial charge in [-0.25, -0.2) is 0 Å². The molecule has 0 heterocycles. The van der Waals surface area contributed by atoms with Gasteiger partial charge in [-0.2, -0.15) is 0 Å². The molecule has 0 saturated heterocycles. The lowest BCUT2D eigenvalue weighted by Crippen LogP contribution is -2.40. The number of carboxylic acids is 1. The molecule has 17 heavy (non-hydrogen) atoms. The van der Waals surface area contributed by atoms with Crippen molar-refractivity contribution in [3.05, 3.63) is 0 Å². The number of hydrogen-bond donors (Lipinski definition) is 3. The summed E-state index contributed by atoms with van der Waals surface area (Å²) in [6.45, 7) is 2.03. The van der Waals surface area contributed by atoms with Crippen LogP contribution >= 0.6 is 0 Å². The second-order valence-corrected chi connectivity index (χ2v) is 4.81. The van der Waals surface area contributed by atoms with Gasteiger partial charge in [-0.05, 0) is 25.7 Å². The standard InChI is InChI=1S/C12H22N2O3/c1-2-8(12(16)17)7-14-11(15)9-4-3-5-10(13)6-9/h8-10H,2-7,13H2,1H3,(H,14,15)(H,16,17). The third-order valence-electron chi connectivity index (χ3n) is 3.45. The molecular weight excluding hydrogens is 220 g/mol. The second-order valence-electron chi connectivity index (χ2n) is 4.81. The lowest BCUT2D eigenvalue weighted by molar-refractivity contribution is -0.141. The Labute approximate surface area is 102 Å². The molecule has 3 unspecified atom stereocenters. The maximum atomic E-state index is 11.8. The molecule has 1 aliphatic carbocycles. The maximum absolute atomic E-state index is 11.8. The quantitative estimate of drug-likeness (QED) is 0.662. The van der Waals surface area contributed by atoms with Crippen LogP contribution in [0.4, 0.5) is 0 Å². The Morgan fingerprint density at radius 3 is 2.71 bits per heavy atom. The van der Waals surface area contributed by atoms with Gasteiger partial charge in [0.15, 0.2) is 0 Å². The summed E-state index contributed by atoms with van der Waals surface area (Å²) in [5, 5.41) is 11.6. The van der Waals surface area contributed by atoms with Crippen LogP contribution in [-0.4, -0.2) is 29.6 Å². The zero-order valence-electron chi connectivity index (χ0n) is 10.3. The van der Waals surface area contributed by atoms with E-state index in [-0.39, 0.29) is 24.4 Å². The monoisotopic (exact) mass is 242 g/mol. The Morgan fingerprint density at radius 1 is 1.47 bits per heavy atom. The first-order chi connectivity index (χ1) is 8.04. The van der Waals surface area contributed by atoms with Crippen LogP contribution in [-0.2, 0) is 9.59 Å². The van der Waals surface area contributed by atoms with Crippen molar-refractivity contribution in [1.82, 2.24) is 5.32 Å². The molecule has 0 bridgehead atoms. The molecule has 1 rings (SSSR count). The molecule has 5 nitrogen and oxygen atoms in total. The van der Waals surface area contributed by atoms with Gasteiger partial charge in [0.25, 0.3) is 0 Å². The number of aliphatic carboxylic acids is 1. The molecule has 1 aliphatic rings. The molecule has 0 aliphatic heterocycles. The summed E-state index contributed by atoms with van der Waals surface area (Å²) in [4.78, 5) is 22.6. The van der Waals surface area contributed by atoms with Crippen LogP contribution < -0.4 is 11.1 Å². The molecule has 0 spiro atoms. The van der Waals surface area contributed by atoms with Gasteiger partial charge in [0.05, 0.1) is 5.92 Å². The van der Waals surface area contributed by atoms with Crippen molar-refractivity contribution in [2.24, 2.45) is 17.6 Å². The molecule has 0 aromatic rings. The average molecular weight is 242 g/mol. The maximum Gasteiger partial charge on any atom is 0.308 e. The highest BCUT2D eigenvalue weighted by molar-refractivity contribution is 5.79. The number of nitrogens with two attached hydrogens (primary N) is 1. The molecular formula is C12H22N2O3. The van der Waals surface area contributed by atoms with Gasteiger partial charge in [0.2, 0.25) is 5.91 Å². The van der Waals surface area contributed by atoms with E-state index >= 15 is 0 Å². The summed E-state index contributed by atoms with van der Waals surface area (Å²) in [6, 6.07) is 0.112. The predicted molar refractivity (Wildman–Crippen MR) is 64.4 cm³/mol. The Balaban J connectivity index is 2.35. The second kappa shape index (κ2) is 6.59. The number of amides is 1. The van der Waals surface area contributed by atoms with E-state index < -0.39 is 11.9 Å². The van der Waals surface area contributed by atoms with Crippen LogP contribution in [0.15, 0.2) is 0 Å². The van der Waals surface area contributed by atoms with Gasteiger partial charge in [0, 0.05) is 18.5 Å². The molecule has 1 saturated carbocycles. The van der Waals surface area contributed by atoms with Crippen LogP contribution in [0, 0.1) is 11.8 Å².